The molecule has 0 amide bonds. The highest BCUT2D eigenvalue weighted by Gasteiger charge is 2.20. The molecule has 1 aliphatic heterocycles. The maximum atomic E-state index is 11.7. The molecule has 0 fully saturated rings. The lowest BCUT2D eigenvalue weighted by molar-refractivity contribution is -0.138. The first-order chi connectivity index (χ1) is 23.0. The number of aromatic nitrogens is 4. The van der Waals surface area contributed by atoms with Gasteiger partial charge in [-0.05, 0) is 110 Å². The summed E-state index contributed by atoms with van der Waals surface area (Å²) in [5, 5.41) is 22.7. The van der Waals surface area contributed by atoms with Gasteiger partial charge < -0.3 is 29.7 Å². The van der Waals surface area contributed by atoms with Gasteiger partial charge in [0.2, 0.25) is 0 Å². The van der Waals surface area contributed by atoms with Crippen LogP contribution in [0.15, 0.2) is 43.5 Å². The minimum Gasteiger partial charge on any atom is -0.481 e. The molecule has 0 aliphatic carbocycles. The van der Waals surface area contributed by atoms with Crippen molar-refractivity contribution < 1.29 is 19.8 Å². The summed E-state index contributed by atoms with van der Waals surface area (Å²) in [6.45, 7) is 16.5. The summed E-state index contributed by atoms with van der Waals surface area (Å²) in [6, 6.07) is 10.2. The molecule has 0 unspecified atom stereocenters. The van der Waals surface area contributed by atoms with Gasteiger partial charge in [0.1, 0.15) is 0 Å². The Morgan fingerprint density at radius 2 is 1.23 bits per heavy atom. The Morgan fingerprint density at radius 3 is 1.88 bits per heavy atom. The number of hydrogen-bond donors (Lipinski definition) is 5. The van der Waals surface area contributed by atoms with Gasteiger partial charge in [0.05, 0.1) is 11.4 Å². The zero-order valence-corrected chi connectivity index (χ0v) is 27.8. The van der Waals surface area contributed by atoms with Gasteiger partial charge >= 0.3 is 11.9 Å². The maximum Gasteiger partial charge on any atom is 0.303 e. The molecule has 4 aromatic heterocycles. The molecule has 0 atom stereocenters. The Bertz CT molecular complexity index is 2380. The van der Waals surface area contributed by atoms with Gasteiger partial charge in [0.15, 0.2) is 0 Å². The van der Waals surface area contributed by atoms with Crippen LogP contribution in [0.1, 0.15) is 80.1 Å². The fourth-order valence-corrected chi connectivity index (χ4v) is 6.91. The van der Waals surface area contributed by atoms with Crippen molar-refractivity contribution in [2.24, 2.45) is 0 Å². The second-order valence-electron chi connectivity index (χ2n) is 12.4. The highest BCUT2D eigenvalue weighted by molar-refractivity contribution is 5.75. The second-order valence-corrected chi connectivity index (χ2v) is 12.4. The van der Waals surface area contributed by atoms with Gasteiger partial charge in [-0.25, -0.2) is 0 Å². The van der Waals surface area contributed by atoms with Crippen LogP contribution in [-0.2, 0) is 22.4 Å². The molecular weight excluding hydrogens is 600 g/mol. The van der Waals surface area contributed by atoms with Crippen molar-refractivity contribution in [3.8, 4) is 5.69 Å². The third-order valence-corrected chi connectivity index (χ3v) is 9.56. The van der Waals surface area contributed by atoms with Crippen LogP contribution in [-0.4, -0.2) is 41.7 Å². The van der Waals surface area contributed by atoms with Crippen LogP contribution in [0, 0.1) is 27.7 Å². The molecule has 244 valence electrons. The van der Waals surface area contributed by atoms with E-state index in [-0.39, 0.29) is 12.8 Å². The first kappa shape index (κ1) is 32.2. The zero-order valence-electron chi connectivity index (χ0n) is 27.8. The largest absolute Gasteiger partial charge is 0.481 e. The number of fused-ring (bicyclic) bond motifs is 8. The van der Waals surface area contributed by atoms with E-state index in [1.165, 1.54) is 0 Å². The zero-order chi connectivity index (χ0) is 34.3. The van der Waals surface area contributed by atoms with Crippen LogP contribution in [0.5, 0.6) is 0 Å². The molecule has 5 N–H and O–H groups in total. The predicted molar refractivity (Wildman–Crippen MR) is 192 cm³/mol. The molecule has 48 heavy (non-hydrogen) atoms. The van der Waals surface area contributed by atoms with E-state index in [4.69, 9.17) is 0 Å². The van der Waals surface area contributed by atoms with Crippen LogP contribution in [0.4, 0.5) is 0 Å². The Kier molecular flexibility index (Phi) is 8.58. The third-order valence-electron chi connectivity index (χ3n) is 9.56. The number of carboxylic acids is 2. The van der Waals surface area contributed by atoms with Crippen LogP contribution in [0.2, 0.25) is 0 Å². The SMILES string of the molecule is C=Cc1c(C)c2n(-c3ccccc3)c1C=c1[nH]c(c(C=C)c1C)=Cc1[nH]c(c(CCC(=O)O)c1C)C=c1[nH]c(c(C)c1CCC(=O)O)=C2. The van der Waals surface area contributed by atoms with Crippen molar-refractivity contribution in [1.82, 2.24) is 19.5 Å². The van der Waals surface area contributed by atoms with Crippen LogP contribution >= 0.6 is 0 Å². The highest BCUT2D eigenvalue weighted by atomic mass is 16.4. The number of aliphatic carboxylic acids is 2. The van der Waals surface area contributed by atoms with E-state index in [1.54, 1.807) is 0 Å². The molecule has 8 bridgehead atoms. The lowest BCUT2D eigenvalue weighted by atomic mass is 10.0. The number of nitrogens with zero attached hydrogens (tertiary/aromatic N) is 1. The smallest absolute Gasteiger partial charge is 0.303 e. The Balaban J connectivity index is 1.81. The lowest BCUT2D eigenvalue weighted by Crippen LogP contribution is -2.15. The number of carboxylic acid groups (broad SMARTS) is 2. The first-order valence-electron chi connectivity index (χ1n) is 16.1. The number of nitrogens with one attached hydrogen (secondary N) is 3. The summed E-state index contributed by atoms with van der Waals surface area (Å²) >= 11 is 0. The molecule has 0 saturated carbocycles. The van der Waals surface area contributed by atoms with E-state index in [9.17, 15) is 19.8 Å². The van der Waals surface area contributed by atoms with E-state index in [1.807, 2.05) is 50.3 Å². The van der Waals surface area contributed by atoms with E-state index in [0.29, 0.717) is 12.8 Å². The van der Waals surface area contributed by atoms with E-state index < -0.39 is 11.9 Å². The standard InChI is InChI=1S/C40H40N4O4/c1-7-27-22(3)33-21-38-28(8-2)25(6)37(44(38)26-12-10-9-11-13-26)20-32-24(5)30(15-17-40(47)48)36(43-32)19-35-29(14-16-39(45)46)23(4)31(41-35)18-34(27)42-33/h7-13,18-21,41-43H,1-2,14-17H2,3-6H3,(H,45,46)(H,47,48). The minimum absolute atomic E-state index is 0.0181. The normalized spacial score (nSPS) is 12.0. The topological polar surface area (TPSA) is 127 Å². The summed E-state index contributed by atoms with van der Waals surface area (Å²) < 4.78 is 2.24. The Morgan fingerprint density at radius 1 is 0.646 bits per heavy atom. The predicted octanol–water partition coefficient (Wildman–Crippen LogP) is 4.64. The molecule has 5 aromatic rings. The number of rotatable bonds is 9. The van der Waals surface area contributed by atoms with Crippen LogP contribution in [0.25, 0.3) is 42.1 Å². The van der Waals surface area contributed by atoms with E-state index in [2.05, 4.69) is 76.9 Å². The molecular formula is C40H40N4O4. The first-order valence-corrected chi connectivity index (χ1v) is 16.1. The monoisotopic (exact) mass is 640 g/mol. The summed E-state index contributed by atoms with van der Waals surface area (Å²) in [6.07, 6.45) is 12.7. The van der Waals surface area contributed by atoms with Gasteiger partial charge in [-0.1, -0.05) is 43.5 Å². The average Bonchev–Trinajstić information content (AvgIpc) is 3.70. The van der Waals surface area contributed by atoms with Crippen molar-refractivity contribution in [2.75, 3.05) is 0 Å². The van der Waals surface area contributed by atoms with E-state index >= 15 is 0 Å². The van der Waals surface area contributed by atoms with Gasteiger partial charge in [0.25, 0.3) is 0 Å². The van der Waals surface area contributed by atoms with Crippen molar-refractivity contribution in [3.63, 3.8) is 0 Å². The van der Waals surface area contributed by atoms with Crippen LogP contribution in [0.3, 0.4) is 0 Å². The Hall–Kier alpha value is -5.76. The van der Waals surface area contributed by atoms with Gasteiger partial charge in [-0.15, -0.1) is 0 Å². The molecule has 8 nitrogen and oxygen atoms in total. The van der Waals surface area contributed by atoms with E-state index in [0.717, 1.165) is 94.4 Å². The Labute approximate surface area is 278 Å². The molecule has 0 radical (unpaired) electrons. The fourth-order valence-electron chi connectivity index (χ4n) is 6.91. The molecule has 1 aromatic carbocycles. The number of H-pyrrole nitrogens is 3. The van der Waals surface area contributed by atoms with Gasteiger partial charge in [-0.3, -0.25) is 9.59 Å². The van der Waals surface area contributed by atoms with Gasteiger partial charge in [0, 0.05) is 62.4 Å². The molecule has 0 spiro atoms. The van der Waals surface area contributed by atoms with Crippen molar-refractivity contribution in [1.29, 1.82) is 0 Å². The number of hydrogen-bond acceptors (Lipinski definition) is 2. The molecule has 5 heterocycles. The third kappa shape index (κ3) is 5.70. The second kappa shape index (κ2) is 12.8. The van der Waals surface area contributed by atoms with Crippen molar-refractivity contribution in [2.45, 2.75) is 53.4 Å². The van der Waals surface area contributed by atoms with Gasteiger partial charge in [-0.2, -0.15) is 0 Å². The lowest BCUT2D eigenvalue weighted by Gasteiger charge is -2.11. The highest BCUT2D eigenvalue weighted by Crippen LogP contribution is 2.29. The van der Waals surface area contributed by atoms with Crippen molar-refractivity contribution >= 4 is 48.4 Å². The molecule has 6 rings (SSSR count). The number of aromatic amines is 3. The summed E-state index contributed by atoms with van der Waals surface area (Å²) in [5.41, 5.74) is 12.4. The van der Waals surface area contributed by atoms with Crippen molar-refractivity contribution in [3.05, 3.63) is 132 Å². The molecule has 1 aliphatic rings. The summed E-state index contributed by atoms with van der Waals surface area (Å²) in [7, 11) is 0. The molecule has 8 heteroatoms. The summed E-state index contributed by atoms with van der Waals surface area (Å²) in [4.78, 5) is 34.2. The number of para-hydroxylation sites is 1. The molecule has 0 saturated heterocycles. The number of carbonyl (C=O) groups is 2. The minimum atomic E-state index is -0.872. The fraction of sp³-hybridized carbons (Fsp3) is 0.200. The maximum absolute atomic E-state index is 11.7. The average molecular weight is 641 g/mol. The van der Waals surface area contributed by atoms with Crippen LogP contribution < -0.4 is 21.4 Å². The number of benzene rings is 1. The quantitative estimate of drug-likeness (QED) is 0.158. The summed E-state index contributed by atoms with van der Waals surface area (Å²) in [5.74, 6) is -1.74.